The lowest BCUT2D eigenvalue weighted by Crippen LogP contribution is -2.67. The highest BCUT2D eigenvalue weighted by Gasteiger charge is 2.63. The molecule has 2 saturated carbocycles. The van der Waals surface area contributed by atoms with E-state index in [1.54, 1.807) is 14.2 Å². The van der Waals surface area contributed by atoms with Crippen LogP contribution in [-0.2, 0) is 37.9 Å². The van der Waals surface area contributed by atoms with Crippen LogP contribution in [-0.4, -0.2) is 96.5 Å². The van der Waals surface area contributed by atoms with Gasteiger partial charge in [-0.25, -0.2) is 0 Å². The van der Waals surface area contributed by atoms with Crippen LogP contribution in [0.25, 0.3) is 21.8 Å². The van der Waals surface area contributed by atoms with Gasteiger partial charge in [-0.05, 0) is 98.3 Å². The molecule has 4 aromatic rings. The Labute approximate surface area is 302 Å². The fourth-order valence-electron chi connectivity index (χ4n) is 12.9. The van der Waals surface area contributed by atoms with E-state index in [9.17, 15) is 9.90 Å². The summed E-state index contributed by atoms with van der Waals surface area (Å²) >= 11 is 0. The molecule has 272 valence electrons. The largest absolute Gasteiger partial charge is 0.468 e. The van der Waals surface area contributed by atoms with Crippen molar-refractivity contribution < 1.29 is 19.4 Å². The fourth-order valence-corrected chi connectivity index (χ4v) is 12.9. The Bertz CT molecular complexity index is 1920. The summed E-state index contributed by atoms with van der Waals surface area (Å²) in [5, 5.41) is 13.3. The summed E-state index contributed by atoms with van der Waals surface area (Å²) in [5.74, 6) is 2.46. The van der Waals surface area contributed by atoms with Crippen molar-refractivity contribution in [3.05, 3.63) is 71.0 Å². The van der Waals surface area contributed by atoms with Gasteiger partial charge in [-0.3, -0.25) is 14.6 Å². The van der Waals surface area contributed by atoms with E-state index in [2.05, 4.69) is 75.2 Å². The summed E-state index contributed by atoms with van der Waals surface area (Å²) in [6.07, 6.45) is 10.2. The summed E-state index contributed by atoms with van der Waals surface area (Å²) in [6.45, 7) is 7.84. The molecule has 8 aliphatic rings. The lowest BCUT2D eigenvalue weighted by molar-refractivity contribution is -0.162. The lowest BCUT2D eigenvalue weighted by atomic mass is 9.56. The Morgan fingerprint density at radius 2 is 1.41 bits per heavy atom. The van der Waals surface area contributed by atoms with Gasteiger partial charge < -0.3 is 24.5 Å². The summed E-state index contributed by atoms with van der Waals surface area (Å²) in [4.78, 5) is 26.1. The second-order valence-corrected chi connectivity index (χ2v) is 16.9. The number of ether oxygens (including phenoxy) is 2. The van der Waals surface area contributed by atoms with Gasteiger partial charge in [0.1, 0.15) is 5.41 Å². The molecule has 0 spiro atoms. The van der Waals surface area contributed by atoms with E-state index in [1.165, 1.54) is 65.3 Å². The SMILES string of the molecule is CCC[C@H]1CC2CN3CCc4c([nH]c5ccccc45)[C@](C(=O)OC)(C2)C13.COCC[C@H]1CC2CN3CCc4c([nH]c5ccccc45)[C@](CO)(C2)C13. The van der Waals surface area contributed by atoms with Gasteiger partial charge in [-0.2, -0.15) is 0 Å². The minimum absolute atomic E-state index is 0.0345. The Hall–Kier alpha value is -3.17. The second kappa shape index (κ2) is 13.0. The predicted octanol–water partition coefficient (Wildman–Crippen LogP) is 6.35. The number of carbonyl (C=O) groups excluding carboxylic acids is 1. The number of methoxy groups -OCH3 is 2. The summed E-state index contributed by atoms with van der Waals surface area (Å²) in [6, 6.07) is 17.9. The molecule has 2 aromatic carbocycles. The van der Waals surface area contributed by atoms with E-state index in [-0.39, 0.29) is 24.0 Å². The number of nitrogens with one attached hydrogen (secondary N) is 2. The Morgan fingerprint density at radius 3 is 2.04 bits per heavy atom. The zero-order valence-electron chi connectivity index (χ0n) is 30.8. The van der Waals surface area contributed by atoms with Crippen molar-refractivity contribution >= 4 is 27.8 Å². The molecule has 6 aliphatic heterocycles. The minimum Gasteiger partial charge on any atom is -0.468 e. The zero-order chi connectivity index (χ0) is 34.9. The van der Waals surface area contributed by atoms with Gasteiger partial charge in [0.05, 0.1) is 13.7 Å². The molecule has 8 bridgehead atoms. The molecule has 4 saturated heterocycles. The van der Waals surface area contributed by atoms with Gasteiger partial charge in [-0.1, -0.05) is 49.7 Å². The summed E-state index contributed by atoms with van der Waals surface area (Å²) in [7, 11) is 3.36. The molecule has 51 heavy (non-hydrogen) atoms. The number of hydrogen-bond acceptors (Lipinski definition) is 6. The number of aliphatic hydroxyl groups is 1. The fraction of sp³-hybridized carbons (Fsp3) is 0.605. The number of benzene rings is 2. The lowest BCUT2D eigenvalue weighted by Gasteiger charge is -2.59. The third kappa shape index (κ3) is 5.03. The molecule has 0 radical (unpaired) electrons. The molecule has 0 amide bonds. The number of nitrogens with zero attached hydrogens (tertiary/aromatic N) is 2. The first-order valence-corrected chi connectivity index (χ1v) is 19.8. The maximum atomic E-state index is 13.4. The maximum Gasteiger partial charge on any atom is 0.319 e. The number of para-hydroxylation sites is 2. The van der Waals surface area contributed by atoms with E-state index in [0.29, 0.717) is 29.7 Å². The Balaban J connectivity index is 0.000000137. The van der Waals surface area contributed by atoms with Crippen molar-refractivity contribution in [2.45, 2.75) is 87.6 Å². The molecular weight excluding hydrogens is 636 g/mol. The van der Waals surface area contributed by atoms with Crippen molar-refractivity contribution in [3.8, 4) is 0 Å². The van der Waals surface area contributed by atoms with Crippen LogP contribution in [0.3, 0.4) is 0 Å². The highest BCUT2D eigenvalue weighted by atomic mass is 16.5. The van der Waals surface area contributed by atoms with Gasteiger partial charge in [0, 0.05) is 90.6 Å². The third-order valence-corrected chi connectivity index (χ3v) is 14.3. The van der Waals surface area contributed by atoms with Crippen molar-refractivity contribution in [2.75, 3.05) is 53.6 Å². The number of fused-ring (bicyclic) bond motifs is 8. The minimum atomic E-state index is -0.527. The number of piperidine rings is 4. The molecule has 2 aliphatic carbocycles. The topological polar surface area (TPSA) is 93.8 Å². The number of esters is 1. The van der Waals surface area contributed by atoms with E-state index in [4.69, 9.17) is 9.47 Å². The van der Waals surface area contributed by atoms with Gasteiger partial charge in [0.15, 0.2) is 0 Å². The van der Waals surface area contributed by atoms with Crippen LogP contribution < -0.4 is 0 Å². The summed E-state index contributed by atoms with van der Waals surface area (Å²) < 4.78 is 10.9. The van der Waals surface area contributed by atoms with Gasteiger partial charge in [-0.15, -0.1) is 0 Å². The van der Waals surface area contributed by atoms with Crippen LogP contribution in [0.1, 0.15) is 74.4 Å². The van der Waals surface area contributed by atoms with Gasteiger partial charge in [0.2, 0.25) is 0 Å². The number of hydrogen-bond donors (Lipinski definition) is 3. The first-order chi connectivity index (χ1) is 24.9. The quantitative estimate of drug-likeness (QED) is 0.196. The molecule has 8 nitrogen and oxygen atoms in total. The first kappa shape index (κ1) is 33.7. The Kier molecular flexibility index (Phi) is 8.61. The van der Waals surface area contributed by atoms with Gasteiger partial charge >= 0.3 is 5.97 Å². The molecule has 2 aromatic heterocycles. The van der Waals surface area contributed by atoms with Gasteiger partial charge in [0.25, 0.3) is 0 Å². The molecule has 12 rings (SSSR count). The predicted molar refractivity (Wildman–Crippen MR) is 201 cm³/mol. The molecule has 3 N–H and O–H groups in total. The highest BCUT2D eigenvalue weighted by molar-refractivity contribution is 5.91. The van der Waals surface area contributed by atoms with Crippen LogP contribution in [0.5, 0.6) is 0 Å². The number of aromatic amines is 2. The van der Waals surface area contributed by atoms with E-state index >= 15 is 0 Å². The molecule has 8 heterocycles. The number of aliphatic hydroxyl groups excluding tert-OH is 1. The second-order valence-electron chi connectivity index (χ2n) is 16.9. The van der Waals surface area contributed by atoms with E-state index in [1.807, 2.05) is 0 Å². The molecule has 8 heteroatoms. The number of H-pyrrole nitrogens is 2. The first-order valence-electron chi connectivity index (χ1n) is 19.8. The van der Waals surface area contributed by atoms with Crippen LogP contribution in [0.4, 0.5) is 0 Å². The third-order valence-electron chi connectivity index (χ3n) is 14.3. The van der Waals surface area contributed by atoms with Crippen molar-refractivity contribution in [1.82, 2.24) is 19.8 Å². The monoisotopic (exact) mass is 692 g/mol. The number of carbonyl (C=O) groups is 1. The smallest absolute Gasteiger partial charge is 0.319 e. The van der Waals surface area contributed by atoms with Crippen molar-refractivity contribution in [2.24, 2.45) is 23.7 Å². The number of rotatable bonds is 7. The van der Waals surface area contributed by atoms with Crippen LogP contribution in [0, 0.1) is 23.7 Å². The average molecular weight is 693 g/mol. The average Bonchev–Trinajstić information content (AvgIpc) is 3.69. The van der Waals surface area contributed by atoms with Crippen LogP contribution in [0.2, 0.25) is 0 Å². The molecule has 6 fully saturated rings. The summed E-state index contributed by atoms with van der Waals surface area (Å²) in [5.41, 5.74) is 7.00. The zero-order valence-corrected chi connectivity index (χ0v) is 30.8. The molecule has 10 atom stereocenters. The van der Waals surface area contributed by atoms with Crippen LogP contribution >= 0.6 is 0 Å². The number of aromatic nitrogens is 2. The van der Waals surface area contributed by atoms with Crippen molar-refractivity contribution in [3.63, 3.8) is 0 Å². The van der Waals surface area contributed by atoms with E-state index in [0.717, 1.165) is 69.6 Å². The maximum absolute atomic E-state index is 13.4. The van der Waals surface area contributed by atoms with Crippen LogP contribution in [0.15, 0.2) is 48.5 Å². The molecular formula is C43H56N4O4. The van der Waals surface area contributed by atoms with Crippen molar-refractivity contribution in [1.29, 1.82) is 0 Å². The highest BCUT2D eigenvalue weighted by Crippen LogP contribution is 2.56. The standard InChI is InChI=1S/C22H28N2O2.C21H28N2O2/c1-3-6-15-11-14-12-22(21(25)26-2)19-17(9-10-24(13-14)20(15)22)16-7-4-5-8-18(16)23-19;1-25-9-7-15-10-14-11-21(13-24)19-17(6-8-23(12-14)20(15)21)16-4-2-3-5-18(16)22-19/h4-5,7-8,14-15,20,23H,3,6,9-13H2,1-2H3;2-5,14-15,20,22,24H,6-13H2,1H3/t14?,15-,20?,22+;14?,15-,20?,21+/m00/s1. The molecule has 6 unspecified atom stereocenters. The Morgan fingerprint density at radius 1 is 0.824 bits per heavy atom. The van der Waals surface area contributed by atoms with E-state index < -0.39 is 5.41 Å². The normalized spacial score (nSPS) is 35.8.